The molecular weight excluding hydrogens is 354 g/mol. The molecule has 1 saturated heterocycles. The number of anilines is 2. The Balaban J connectivity index is 1.37. The zero-order valence-electron chi connectivity index (χ0n) is 16.6. The summed E-state index contributed by atoms with van der Waals surface area (Å²) >= 11 is 0. The Morgan fingerprint density at radius 1 is 1.04 bits per heavy atom. The zero-order chi connectivity index (χ0) is 19.8. The van der Waals surface area contributed by atoms with Gasteiger partial charge in [-0.15, -0.1) is 0 Å². The summed E-state index contributed by atoms with van der Waals surface area (Å²) in [6, 6.07) is 15.1. The van der Waals surface area contributed by atoms with Crippen LogP contribution in [-0.4, -0.2) is 39.4 Å². The maximum absolute atomic E-state index is 12.0. The summed E-state index contributed by atoms with van der Waals surface area (Å²) in [6.07, 6.45) is 2.47. The molecule has 150 valence electrons. The van der Waals surface area contributed by atoms with Gasteiger partial charge in [-0.1, -0.05) is 6.92 Å². The third-order valence-electron chi connectivity index (χ3n) is 4.99. The van der Waals surface area contributed by atoms with Crippen LogP contribution in [0.25, 0.3) is 0 Å². The number of urea groups is 1. The van der Waals surface area contributed by atoms with Crippen LogP contribution in [0.3, 0.4) is 0 Å². The summed E-state index contributed by atoms with van der Waals surface area (Å²) in [5.41, 5.74) is 1.99. The summed E-state index contributed by atoms with van der Waals surface area (Å²) < 4.78 is 10.7. The van der Waals surface area contributed by atoms with Gasteiger partial charge in [-0.25, -0.2) is 4.79 Å². The van der Waals surface area contributed by atoms with Crippen LogP contribution in [0.15, 0.2) is 48.5 Å². The van der Waals surface area contributed by atoms with Gasteiger partial charge in [-0.3, -0.25) is 0 Å². The number of rotatable bonds is 7. The molecule has 2 N–H and O–H groups in total. The first kappa shape index (κ1) is 19.9. The smallest absolute Gasteiger partial charge is 0.319 e. The van der Waals surface area contributed by atoms with E-state index >= 15 is 0 Å². The first-order chi connectivity index (χ1) is 13.6. The topological polar surface area (TPSA) is 62.8 Å². The van der Waals surface area contributed by atoms with Crippen LogP contribution in [0, 0.1) is 5.92 Å². The highest BCUT2D eigenvalue weighted by Gasteiger charge is 2.15. The fraction of sp³-hybridized carbons (Fsp3) is 0.409. The van der Waals surface area contributed by atoms with E-state index in [0.717, 1.165) is 36.2 Å². The fourth-order valence-electron chi connectivity index (χ4n) is 3.20. The molecule has 0 atom stereocenters. The van der Waals surface area contributed by atoms with Gasteiger partial charge in [-0.05, 0) is 67.3 Å². The normalized spacial score (nSPS) is 14.4. The molecule has 0 saturated carbocycles. The molecule has 2 aromatic carbocycles. The van der Waals surface area contributed by atoms with Gasteiger partial charge in [0.05, 0.1) is 13.7 Å². The Hall–Kier alpha value is -2.89. The van der Waals surface area contributed by atoms with Gasteiger partial charge in [0, 0.05) is 24.5 Å². The maximum atomic E-state index is 12.0. The van der Waals surface area contributed by atoms with Crippen molar-refractivity contribution in [3.63, 3.8) is 0 Å². The second-order valence-corrected chi connectivity index (χ2v) is 7.12. The molecule has 2 amide bonds. The standard InChI is InChI=1S/C22H29N3O3/c1-17-11-14-25(15-12-17)19-5-3-18(4-6-19)24-22(26)23-13-16-28-21-9-7-20(27-2)8-10-21/h3-10,17H,11-16H2,1-2H3,(H2,23,24,26). The second kappa shape index (κ2) is 9.88. The molecule has 2 aromatic rings. The minimum absolute atomic E-state index is 0.238. The number of benzene rings is 2. The first-order valence-electron chi connectivity index (χ1n) is 9.81. The first-order valence-corrected chi connectivity index (χ1v) is 9.81. The average molecular weight is 383 g/mol. The van der Waals surface area contributed by atoms with Crippen LogP contribution in [-0.2, 0) is 0 Å². The van der Waals surface area contributed by atoms with E-state index in [0.29, 0.717) is 13.2 Å². The van der Waals surface area contributed by atoms with Gasteiger partial charge in [-0.2, -0.15) is 0 Å². The predicted octanol–water partition coefficient (Wildman–Crippen LogP) is 4.13. The lowest BCUT2D eigenvalue weighted by atomic mass is 9.99. The van der Waals surface area contributed by atoms with Crippen LogP contribution < -0.4 is 25.0 Å². The van der Waals surface area contributed by atoms with E-state index in [2.05, 4.69) is 34.6 Å². The summed E-state index contributed by atoms with van der Waals surface area (Å²) in [6.45, 7) is 5.32. The van der Waals surface area contributed by atoms with Crippen molar-refractivity contribution < 1.29 is 14.3 Å². The number of amides is 2. The van der Waals surface area contributed by atoms with Gasteiger partial charge in [0.2, 0.25) is 0 Å². The SMILES string of the molecule is COc1ccc(OCCNC(=O)Nc2ccc(N3CCC(C)CC3)cc2)cc1. The van der Waals surface area contributed by atoms with Crippen molar-refractivity contribution in [2.24, 2.45) is 5.92 Å². The lowest BCUT2D eigenvalue weighted by Gasteiger charge is -2.32. The minimum atomic E-state index is -0.238. The number of carbonyl (C=O) groups excluding carboxylic acids is 1. The van der Waals surface area contributed by atoms with Gasteiger partial charge >= 0.3 is 6.03 Å². The van der Waals surface area contributed by atoms with Crippen LogP contribution in [0.2, 0.25) is 0 Å². The van der Waals surface area contributed by atoms with Crippen molar-refractivity contribution in [2.75, 3.05) is 43.6 Å². The largest absolute Gasteiger partial charge is 0.497 e. The molecule has 28 heavy (non-hydrogen) atoms. The second-order valence-electron chi connectivity index (χ2n) is 7.12. The van der Waals surface area contributed by atoms with Crippen LogP contribution in [0.5, 0.6) is 11.5 Å². The predicted molar refractivity (Wildman–Crippen MR) is 113 cm³/mol. The minimum Gasteiger partial charge on any atom is -0.497 e. The number of hydrogen-bond acceptors (Lipinski definition) is 4. The maximum Gasteiger partial charge on any atom is 0.319 e. The van der Waals surface area contributed by atoms with Crippen molar-refractivity contribution in [1.82, 2.24) is 5.32 Å². The third kappa shape index (κ3) is 5.81. The zero-order valence-corrected chi connectivity index (χ0v) is 16.6. The number of nitrogens with one attached hydrogen (secondary N) is 2. The molecule has 1 heterocycles. The number of hydrogen-bond donors (Lipinski definition) is 2. The van der Waals surface area contributed by atoms with E-state index in [9.17, 15) is 4.79 Å². The van der Waals surface area contributed by atoms with E-state index < -0.39 is 0 Å². The summed E-state index contributed by atoms with van der Waals surface area (Å²) in [7, 11) is 1.63. The van der Waals surface area contributed by atoms with E-state index in [1.54, 1.807) is 7.11 Å². The quantitative estimate of drug-likeness (QED) is 0.706. The molecule has 6 nitrogen and oxygen atoms in total. The highest BCUT2D eigenvalue weighted by Crippen LogP contribution is 2.24. The van der Waals surface area contributed by atoms with Crippen molar-refractivity contribution in [2.45, 2.75) is 19.8 Å². The molecule has 0 radical (unpaired) electrons. The Morgan fingerprint density at radius 3 is 2.32 bits per heavy atom. The number of carbonyl (C=O) groups is 1. The van der Waals surface area contributed by atoms with Crippen LogP contribution in [0.4, 0.5) is 16.2 Å². The average Bonchev–Trinajstić information content (AvgIpc) is 2.73. The van der Waals surface area contributed by atoms with Gasteiger partial charge in [0.1, 0.15) is 18.1 Å². The molecule has 1 aliphatic rings. The Morgan fingerprint density at radius 2 is 1.68 bits per heavy atom. The van der Waals surface area contributed by atoms with Gasteiger partial charge < -0.3 is 25.0 Å². The summed E-state index contributed by atoms with van der Waals surface area (Å²) in [5, 5.41) is 5.65. The van der Waals surface area contributed by atoms with E-state index in [-0.39, 0.29) is 6.03 Å². The van der Waals surface area contributed by atoms with Gasteiger partial charge in [0.15, 0.2) is 0 Å². The van der Waals surface area contributed by atoms with Crippen LogP contribution >= 0.6 is 0 Å². The monoisotopic (exact) mass is 383 g/mol. The summed E-state index contributed by atoms with van der Waals surface area (Å²) in [5.74, 6) is 2.34. The van der Waals surface area contributed by atoms with Crippen molar-refractivity contribution in [1.29, 1.82) is 0 Å². The van der Waals surface area contributed by atoms with Gasteiger partial charge in [0.25, 0.3) is 0 Å². The van der Waals surface area contributed by atoms with Crippen molar-refractivity contribution in [3.05, 3.63) is 48.5 Å². The lowest BCUT2D eigenvalue weighted by Crippen LogP contribution is -2.33. The number of methoxy groups -OCH3 is 1. The molecule has 0 unspecified atom stereocenters. The van der Waals surface area contributed by atoms with Crippen LogP contribution in [0.1, 0.15) is 19.8 Å². The fourth-order valence-corrected chi connectivity index (χ4v) is 3.20. The van der Waals surface area contributed by atoms with E-state index in [4.69, 9.17) is 9.47 Å². The molecule has 1 fully saturated rings. The van der Waals surface area contributed by atoms with E-state index in [1.807, 2.05) is 36.4 Å². The number of nitrogens with zero attached hydrogens (tertiary/aromatic N) is 1. The van der Waals surface area contributed by atoms with Crippen molar-refractivity contribution >= 4 is 17.4 Å². The number of piperidine rings is 1. The summed E-state index contributed by atoms with van der Waals surface area (Å²) in [4.78, 5) is 14.4. The van der Waals surface area contributed by atoms with E-state index in [1.165, 1.54) is 18.5 Å². The Labute approximate surface area is 166 Å². The van der Waals surface area contributed by atoms with Crippen molar-refractivity contribution in [3.8, 4) is 11.5 Å². The molecule has 0 bridgehead atoms. The Kier molecular flexibility index (Phi) is 7.00. The molecule has 0 aliphatic carbocycles. The molecule has 0 aromatic heterocycles. The molecule has 3 rings (SSSR count). The third-order valence-corrected chi connectivity index (χ3v) is 4.99. The number of ether oxygens (including phenoxy) is 2. The molecule has 1 aliphatic heterocycles. The molecule has 0 spiro atoms. The highest BCUT2D eigenvalue weighted by molar-refractivity contribution is 5.89. The Bertz CT molecular complexity index is 739. The highest BCUT2D eigenvalue weighted by atomic mass is 16.5. The molecule has 6 heteroatoms. The molecular formula is C22H29N3O3. The lowest BCUT2D eigenvalue weighted by molar-refractivity contribution is 0.247.